The van der Waals surface area contributed by atoms with Gasteiger partial charge in [-0.25, -0.2) is 4.79 Å². The van der Waals surface area contributed by atoms with E-state index in [0.717, 1.165) is 0 Å². The molecule has 5 heteroatoms. The third-order valence-electron chi connectivity index (χ3n) is 1.88. The maximum Gasteiger partial charge on any atom is 0.330 e. The standard InChI is InChI=1S/C11H16O5/c1-7(11(14)15)4-5-9(3)16-10(13)6-8(2)12/h9H,1,4-6H2,2-3H3,(H,14,15). The number of carbonyl (C=O) groups excluding carboxylic acids is 2. The summed E-state index contributed by atoms with van der Waals surface area (Å²) in [6.07, 6.45) is -0.0222. The average Bonchev–Trinajstić information content (AvgIpc) is 2.12. The second kappa shape index (κ2) is 6.76. The number of esters is 1. The van der Waals surface area contributed by atoms with Crippen LogP contribution in [0.2, 0.25) is 0 Å². The molecule has 0 radical (unpaired) electrons. The van der Waals surface area contributed by atoms with E-state index in [4.69, 9.17) is 9.84 Å². The van der Waals surface area contributed by atoms with Crippen molar-refractivity contribution >= 4 is 17.7 Å². The number of carbonyl (C=O) groups is 3. The van der Waals surface area contributed by atoms with Gasteiger partial charge in [0.15, 0.2) is 0 Å². The number of hydrogen-bond donors (Lipinski definition) is 1. The van der Waals surface area contributed by atoms with Crippen LogP contribution in [0.15, 0.2) is 12.2 Å². The molecule has 1 atom stereocenters. The van der Waals surface area contributed by atoms with Gasteiger partial charge in [-0.2, -0.15) is 0 Å². The van der Waals surface area contributed by atoms with Crippen molar-refractivity contribution in [3.8, 4) is 0 Å². The third kappa shape index (κ3) is 6.75. The van der Waals surface area contributed by atoms with Crippen LogP contribution in [0.5, 0.6) is 0 Å². The molecule has 0 aliphatic rings. The second-order valence-electron chi connectivity index (χ2n) is 3.63. The summed E-state index contributed by atoms with van der Waals surface area (Å²) in [5, 5.41) is 8.54. The summed E-state index contributed by atoms with van der Waals surface area (Å²) in [4.78, 5) is 32.1. The molecule has 0 bridgehead atoms. The van der Waals surface area contributed by atoms with Gasteiger partial charge in [0, 0.05) is 5.57 Å². The maximum atomic E-state index is 11.1. The fraction of sp³-hybridized carbons (Fsp3) is 0.545. The molecule has 90 valence electrons. The first-order valence-electron chi connectivity index (χ1n) is 4.93. The summed E-state index contributed by atoms with van der Waals surface area (Å²) in [5.74, 6) is -1.89. The van der Waals surface area contributed by atoms with Crippen molar-refractivity contribution in [3.05, 3.63) is 12.2 Å². The quantitative estimate of drug-likeness (QED) is 0.404. The molecule has 0 spiro atoms. The van der Waals surface area contributed by atoms with E-state index >= 15 is 0 Å². The topological polar surface area (TPSA) is 80.7 Å². The predicted octanol–water partition coefficient (Wildman–Crippen LogP) is 1.32. The zero-order valence-corrected chi connectivity index (χ0v) is 9.49. The van der Waals surface area contributed by atoms with E-state index in [1.165, 1.54) is 6.92 Å². The highest BCUT2D eigenvalue weighted by Gasteiger charge is 2.13. The molecule has 0 rings (SSSR count). The van der Waals surface area contributed by atoms with Gasteiger partial charge in [0.1, 0.15) is 12.2 Å². The first-order valence-corrected chi connectivity index (χ1v) is 4.93. The van der Waals surface area contributed by atoms with Crippen molar-refractivity contribution in [3.63, 3.8) is 0 Å². The molecular weight excluding hydrogens is 212 g/mol. The summed E-state index contributed by atoms with van der Waals surface area (Å²) in [6.45, 7) is 6.31. The van der Waals surface area contributed by atoms with Gasteiger partial charge in [0.25, 0.3) is 0 Å². The van der Waals surface area contributed by atoms with Crippen LogP contribution in [0.3, 0.4) is 0 Å². The number of ketones is 1. The molecule has 0 saturated heterocycles. The van der Waals surface area contributed by atoms with E-state index in [-0.39, 0.29) is 24.2 Å². The van der Waals surface area contributed by atoms with Crippen LogP contribution in [-0.2, 0) is 19.1 Å². The predicted molar refractivity (Wildman–Crippen MR) is 56.9 cm³/mol. The Balaban J connectivity index is 3.86. The lowest BCUT2D eigenvalue weighted by atomic mass is 10.1. The van der Waals surface area contributed by atoms with E-state index in [1.54, 1.807) is 6.92 Å². The zero-order valence-electron chi connectivity index (χ0n) is 9.49. The number of ether oxygens (including phenoxy) is 1. The van der Waals surface area contributed by atoms with Crippen LogP contribution < -0.4 is 0 Å². The Morgan fingerprint density at radius 2 is 1.94 bits per heavy atom. The molecule has 1 N–H and O–H groups in total. The largest absolute Gasteiger partial charge is 0.478 e. The second-order valence-corrected chi connectivity index (χ2v) is 3.63. The lowest BCUT2D eigenvalue weighted by molar-refractivity contribution is -0.150. The highest BCUT2D eigenvalue weighted by atomic mass is 16.5. The molecule has 0 amide bonds. The molecule has 0 heterocycles. The van der Waals surface area contributed by atoms with E-state index in [0.29, 0.717) is 6.42 Å². The third-order valence-corrected chi connectivity index (χ3v) is 1.88. The highest BCUT2D eigenvalue weighted by molar-refractivity contribution is 5.94. The first kappa shape index (κ1) is 14.3. The van der Waals surface area contributed by atoms with Crippen molar-refractivity contribution in [2.24, 2.45) is 0 Å². The van der Waals surface area contributed by atoms with Crippen LogP contribution in [0, 0.1) is 0 Å². The van der Waals surface area contributed by atoms with Crippen LogP contribution >= 0.6 is 0 Å². The monoisotopic (exact) mass is 228 g/mol. The molecule has 0 saturated carbocycles. The van der Waals surface area contributed by atoms with E-state index in [9.17, 15) is 14.4 Å². The smallest absolute Gasteiger partial charge is 0.330 e. The molecule has 1 unspecified atom stereocenters. The average molecular weight is 228 g/mol. The first-order chi connectivity index (χ1) is 7.32. The fourth-order valence-corrected chi connectivity index (χ4v) is 1.01. The van der Waals surface area contributed by atoms with Crippen molar-refractivity contribution in [2.75, 3.05) is 0 Å². The molecule has 0 fully saturated rings. The minimum absolute atomic E-state index is 0.0782. The summed E-state index contributed by atoms with van der Waals surface area (Å²) in [5.41, 5.74) is 0.0782. The number of rotatable bonds is 7. The Morgan fingerprint density at radius 1 is 1.38 bits per heavy atom. The Morgan fingerprint density at radius 3 is 2.38 bits per heavy atom. The minimum atomic E-state index is -1.05. The van der Waals surface area contributed by atoms with Gasteiger partial charge in [0.05, 0.1) is 6.10 Å². The normalized spacial score (nSPS) is 11.6. The van der Waals surface area contributed by atoms with Crippen LogP contribution in [0.25, 0.3) is 0 Å². The van der Waals surface area contributed by atoms with Gasteiger partial charge >= 0.3 is 11.9 Å². The highest BCUT2D eigenvalue weighted by Crippen LogP contribution is 2.09. The van der Waals surface area contributed by atoms with E-state index in [1.807, 2.05) is 0 Å². The summed E-state index contributed by atoms with van der Waals surface area (Å²) in [7, 11) is 0. The molecule has 5 nitrogen and oxygen atoms in total. The van der Waals surface area contributed by atoms with Crippen molar-refractivity contribution in [1.29, 1.82) is 0 Å². The lowest BCUT2D eigenvalue weighted by Gasteiger charge is -2.12. The van der Waals surface area contributed by atoms with Gasteiger partial charge < -0.3 is 9.84 Å². The van der Waals surface area contributed by atoms with Gasteiger partial charge in [0.2, 0.25) is 0 Å². The summed E-state index contributed by atoms with van der Waals surface area (Å²) >= 11 is 0. The van der Waals surface area contributed by atoms with Crippen molar-refractivity contribution in [2.45, 2.75) is 39.2 Å². The van der Waals surface area contributed by atoms with Crippen molar-refractivity contribution < 1.29 is 24.2 Å². The maximum absolute atomic E-state index is 11.1. The molecule has 16 heavy (non-hydrogen) atoms. The Bertz CT molecular complexity index is 305. The number of Topliss-reactive ketones (excluding diaryl/α,β-unsaturated/α-hetero) is 1. The van der Waals surface area contributed by atoms with Crippen molar-refractivity contribution in [1.82, 2.24) is 0 Å². The number of carboxylic acids is 1. The van der Waals surface area contributed by atoms with Gasteiger partial charge in [-0.05, 0) is 26.7 Å². The molecule has 0 aliphatic carbocycles. The Kier molecular flexibility index (Phi) is 6.07. The fourth-order valence-electron chi connectivity index (χ4n) is 1.01. The SMILES string of the molecule is C=C(CCC(C)OC(=O)CC(C)=O)C(=O)O. The summed E-state index contributed by atoms with van der Waals surface area (Å²) in [6, 6.07) is 0. The van der Waals surface area contributed by atoms with Gasteiger partial charge in [-0.15, -0.1) is 0 Å². The zero-order chi connectivity index (χ0) is 12.7. The molecular formula is C11H16O5. The van der Waals surface area contributed by atoms with Gasteiger partial charge in [-0.3, -0.25) is 9.59 Å². The van der Waals surface area contributed by atoms with Crippen LogP contribution in [0.4, 0.5) is 0 Å². The Hall–Kier alpha value is -1.65. The number of hydrogen-bond acceptors (Lipinski definition) is 4. The molecule has 0 aliphatic heterocycles. The molecule has 0 aromatic heterocycles. The minimum Gasteiger partial charge on any atom is -0.478 e. The number of aliphatic carboxylic acids is 1. The van der Waals surface area contributed by atoms with E-state index in [2.05, 4.69) is 6.58 Å². The van der Waals surface area contributed by atoms with E-state index < -0.39 is 18.0 Å². The molecule has 0 aromatic carbocycles. The Labute approximate surface area is 94.1 Å². The number of carboxylic acid groups (broad SMARTS) is 1. The summed E-state index contributed by atoms with van der Waals surface area (Å²) < 4.78 is 4.90. The van der Waals surface area contributed by atoms with Gasteiger partial charge in [-0.1, -0.05) is 6.58 Å². The molecule has 0 aromatic rings. The van der Waals surface area contributed by atoms with Crippen LogP contribution in [-0.4, -0.2) is 28.9 Å². The van der Waals surface area contributed by atoms with Crippen LogP contribution in [0.1, 0.15) is 33.1 Å². The lowest BCUT2D eigenvalue weighted by Crippen LogP contribution is -2.17.